The van der Waals surface area contributed by atoms with Crippen LogP contribution in [0.25, 0.3) is 0 Å². The molecule has 1 aromatic rings. The van der Waals surface area contributed by atoms with Crippen molar-refractivity contribution in [1.29, 1.82) is 0 Å². The van der Waals surface area contributed by atoms with Crippen LogP contribution in [0.2, 0.25) is 0 Å². The van der Waals surface area contributed by atoms with Gasteiger partial charge in [0.15, 0.2) is 0 Å². The molecule has 0 atom stereocenters. The molecule has 0 radical (unpaired) electrons. The Hall–Kier alpha value is -0.950. The minimum atomic E-state index is -3.82. The molecule has 0 aliphatic rings. The minimum Gasteiger partial charge on any atom is -0.300 e. The van der Waals surface area contributed by atoms with Gasteiger partial charge in [-0.1, -0.05) is 27.7 Å². The van der Waals surface area contributed by atoms with Crippen molar-refractivity contribution in [3.05, 3.63) is 5.82 Å². The highest BCUT2D eigenvalue weighted by molar-refractivity contribution is 7.89. The van der Waals surface area contributed by atoms with E-state index in [1.54, 1.807) is 4.57 Å². The van der Waals surface area contributed by atoms with Crippen LogP contribution in [-0.2, 0) is 16.6 Å². The number of hydrogen-bond acceptors (Lipinski definition) is 4. The third-order valence-electron chi connectivity index (χ3n) is 2.90. The maximum absolute atomic E-state index is 11.5. The highest BCUT2D eigenvalue weighted by Gasteiger charge is 2.24. The normalized spacial score (nSPS) is 12.6. The molecule has 7 heteroatoms. The summed E-state index contributed by atoms with van der Waals surface area (Å²) in [5.41, 5.74) is 0. The third-order valence-corrected chi connectivity index (χ3v) is 3.71. The number of hydrogen-bond donors (Lipinski definition) is 1. The summed E-state index contributed by atoms with van der Waals surface area (Å²) >= 11 is 0. The summed E-state index contributed by atoms with van der Waals surface area (Å²) in [4.78, 5) is 0. The zero-order valence-electron chi connectivity index (χ0n) is 11.4. The van der Waals surface area contributed by atoms with Crippen LogP contribution >= 0.6 is 0 Å². The smallest absolute Gasteiger partial charge is 0.273 e. The Morgan fingerprint density at radius 1 is 1.22 bits per heavy atom. The highest BCUT2D eigenvalue weighted by atomic mass is 32.2. The van der Waals surface area contributed by atoms with Crippen molar-refractivity contribution in [3.63, 3.8) is 0 Å². The Bertz CT molecular complexity index is 489. The zero-order chi connectivity index (χ0) is 13.9. The summed E-state index contributed by atoms with van der Waals surface area (Å²) in [7, 11) is -3.82. The largest absolute Gasteiger partial charge is 0.300 e. The van der Waals surface area contributed by atoms with Crippen molar-refractivity contribution in [2.24, 2.45) is 11.1 Å². The number of nitrogens with two attached hydrogens (primary N) is 1. The van der Waals surface area contributed by atoms with Crippen LogP contribution in [0.1, 0.15) is 52.3 Å². The average Bonchev–Trinajstić information content (AvgIpc) is 2.63. The number of nitrogens with zero attached hydrogens (tertiary/aromatic N) is 3. The van der Waals surface area contributed by atoms with Crippen molar-refractivity contribution in [1.82, 2.24) is 14.8 Å². The van der Waals surface area contributed by atoms with Crippen LogP contribution in [-0.4, -0.2) is 23.2 Å². The predicted molar refractivity (Wildman–Crippen MR) is 69.6 cm³/mol. The van der Waals surface area contributed by atoms with Crippen molar-refractivity contribution < 1.29 is 8.42 Å². The number of sulfonamides is 1. The average molecular weight is 274 g/mol. The van der Waals surface area contributed by atoms with Crippen molar-refractivity contribution in [2.75, 3.05) is 0 Å². The van der Waals surface area contributed by atoms with Gasteiger partial charge in [0.2, 0.25) is 0 Å². The van der Waals surface area contributed by atoms with E-state index in [1.165, 1.54) is 0 Å². The fourth-order valence-electron chi connectivity index (χ4n) is 2.00. The summed E-state index contributed by atoms with van der Waals surface area (Å²) in [5, 5.41) is 12.8. The van der Waals surface area contributed by atoms with E-state index >= 15 is 0 Å². The van der Waals surface area contributed by atoms with Gasteiger partial charge in [-0.25, -0.2) is 13.6 Å². The molecule has 1 rings (SSSR count). The van der Waals surface area contributed by atoms with E-state index < -0.39 is 10.0 Å². The molecule has 0 aliphatic carbocycles. The molecule has 0 aromatic carbocycles. The molecular formula is C11H22N4O2S. The Morgan fingerprint density at radius 3 is 2.17 bits per heavy atom. The maximum Gasteiger partial charge on any atom is 0.273 e. The fraction of sp³-hybridized carbons (Fsp3) is 0.818. The summed E-state index contributed by atoms with van der Waals surface area (Å²) in [6.45, 7) is 8.70. The van der Waals surface area contributed by atoms with Gasteiger partial charge in [0.05, 0.1) is 0 Å². The van der Waals surface area contributed by atoms with Crippen LogP contribution in [0.4, 0.5) is 0 Å². The van der Waals surface area contributed by atoms with E-state index in [0.29, 0.717) is 12.5 Å². The lowest BCUT2D eigenvalue weighted by Gasteiger charge is -2.16. The van der Waals surface area contributed by atoms with E-state index in [2.05, 4.69) is 24.0 Å². The van der Waals surface area contributed by atoms with E-state index in [0.717, 1.165) is 18.7 Å². The minimum absolute atomic E-state index is 0.127. The first-order valence-corrected chi connectivity index (χ1v) is 7.81. The van der Waals surface area contributed by atoms with Gasteiger partial charge in [0.1, 0.15) is 5.82 Å². The van der Waals surface area contributed by atoms with Crippen LogP contribution in [0, 0.1) is 5.92 Å². The van der Waals surface area contributed by atoms with Gasteiger partial charge in [0, 0.05) is 12.5 Å². The summed E-state index contributed by atoms with van der Waals surface area (Å²) in [6.07, 6.45) is 1.80. The molecule has 1 heterocycles. The van der Waals surface area contributed by atoms with Gasteiger partial charge < -0.3 is 4.57 Å². The summed E-state index contributed by atoms with van der Waals surface area (Å²) in [6, 6.07) is 0. The molecule has 104 valence electrons. The molecule has 0 unspecified atom stereocenters. The molecule has 0 saturated carbocycles. The Morgan fingerprint density at radius 2 is 1.78 bits per heavy atom. The lowest BCUT2D eigenvalue weighted by Crippen LogP contribution is -2.21. The van der Waals surface area contributed by atoms with Gasteiger partial charge in [0.25, 0.3) is 15.2 Å². The lowest BCUT2D eigenvalue weighted by molar-refractivity contribution is 0.448. The topological polar surface area (TPSA) is 90.9 Å². The SMILES string of the molecule is CCC(CC)c1nnc(S(N)(=O)=O)n1CC(C)C. The molecule has 0 spiro atoms. The fourth-order valence-corrected chi connectivity index (χ4v) is 2.63. The highest BCUT2D eigenvalue weighted by Crippen LogP contribution is 2.23. The van der Waals surface area contributed by atoms with Crippen LogP contribution in [0.3, 0.4) is 0 Å². The number of primary sulfonamides is 1. The zero-order valence-corrected chi connectivity index (χ0v) is 12.2. The van der Waals surface area contributed by atoms with Crippen molar-refractivity contribution in [2.45, 2.75) is 58.2 Å². The first-order chi connectivity index (χ1) is 8.31. The van der Waals surface area contributed by atoms with Gasteiger partial charge >= 0.3 is 0 Å². The Balaban J connectivity index is 3.32. The second-order valence-electron chi connectivity index (χ2n) is 4.90. The van der Waals surface area contributed by atoms with Crippen molar-refractivity contribution in [3.8, 4) is 0 Å². The standard InChI is InChI=1S/C11H22N4O2S/c1-5-9(6-2)10-13-14-11(18(12,16)17)15(10)7-8(3)4/h8-9H,5-7H2,1-4H3,(H2,12,16,17). The van der Waals surface area contributed by atoms with Crippen LogP contribution in [0.15, 0.2) is 5.16 Å². The molecule has 0 bridgehead atoms. The predicted octanol–water partition coefficient (Wildman–Crippen LogP) is 1.49. The van der Waals surface area contributed by atoms with E-state index in [-0.39, 0.29) is 11.1 Å². The second kappa shape index (κ2) is 5.79. The van der Waals surface area contributed by atoms with Crippen molar-refractivity contribution >= 4 is 10.0 Å². The molecule has 0 amide bonds. The van der Waals surface area contributed by atoms with Gasteiger partial charge in [-0.05, 0) is 18.8 Å². The molecule has 6 nitrogen and oxygen atoms in total. The Kier molecular flexibility index (Phi) is 4.86. The molecule has 2 N–H and O–H groups in total. The Labute approximate surface area is 109 Å². The summed E-state index contributed by atoms with van der Waals surface area (Å²) < 4.78 is 24.7. The van der Waals surface area contributed by atoms with Crippen LogP contribution < -0.4 is 5.14 Å². The second-order valence-corrected chi connectivity index (χ2v) is 6.36. The van der Waals surface area contributed by atoms with Gasteiger partial charge in [-0.15, -0.1) is 10.2 Å². The third kappa shape index (κ3) is 3.29. The van der Waals surface area contributed by atoms with E-state index in [9.17, 15) is 8.42 Å². The quantitative estimate of drug-likeness (QED) is 0.850. The monoisotopic (exact) mass is 274 g/mol. The molecule has 18 heavy (non-hydrogen) atoms. The summed E-state index contributed by atoms with van der Waals surface area (Å²) in [5.74, 6) is 1.24. The van der Waals surface area contributed by atoms with Crippen LogP contribution in [0.5, 0.6) is 0 Å². The molecular weight excluding hydrogens is 252 g/mol. The molecule has 1 aromatic heterocycles. The first-order valence-electron chi connectivity index (χ1n) is 6.27. The van der Waals surface area contributed by atoms with E-state index in [1.807, 2.05) is 13.8 Å². The number of rotatable bonds is 6. The lowest BCUT2D eigenvalue weighted by atomic mass is 10.0. The van der Waals surface area contributed by atoms with Gasteiger partial charge in [-0.3, -0.25) is 0 Å². The maximum atomic E-state index is 11.5. The molecule has 0 saturated heterocycles. The first kappa shape index (κ1) is 15.1. The van der Waals surface area contributed by atoms with E-state index in [4.69, 9.17) is 5.14 Å². The molecule has 0 fully saturated rings. The van der Waals surface area contributed by atoms with Gasteiger partial charge in [-0.2, -0.15) is 0 Å². The number of aromatic nitrogens is 3. The molecule has 0 aliphatic heterocycles.